The first-order valence-electron chi connectivity index (χ1n) is 3.28. The molecule has 12 heavy (non-hydrogen) atoms. The van der Waals surface area contributed by atoms with Crippen LogP contribution in [0.1, 0.15) is 0 Å². The van der Waals surface area contributed by atoms with Crippen molar-refractivity contribution in [3.05, 3.63) is 30.3 Å². The lowest BCUT2D eigenvalue weighted by Crippen LogP contribution is -2.16. The zero-order chi connectivity index (χ0) is 8.81. The van der Waals surface area contributed by atoms with E-state index < -0.39 is 5.87 Å². The summed E-state index contributed by atoms with van der Waals surface area (Å²) >= 11 is 0. The molecular weight excluding hydrogens is 154 g/mol. The molecule has 0 unspecified atom stereocenters. The minimum atomic E-state index is -0.635. The molecule has 0 fully saturated rings. The number of benzene rings is 1. The molecule has 0 aliphatic heterocycles. The Kier molecular flexibility index (Phi) is 3.41. The van der Waals surface area contributed by atoms with Crippen molar-refractivity contribution in [2.75, 3.05) is 0 Å². The molecule has 3 radical (unpaired) electrons. The van der Waals surface area contributed by atoms with E-state index in [-0.39, 0.29) is 0 Å². The van der Waals surface area contributed by atoms with E-state index in [2.05, 4.69) is 12.6 Å². The fourth-order valence-corrected chi connectivity index (χ4v) is 0.684. The van der Waals surface area contributed by atoms with Gasteiger partial charge in [0, 0.05) is 0 Å². The van der Waals surface area contributed by atoms with E-state index in [1.165, 1.54) is 0 Å². The highest BCUT2D eigenvalue weighted by molar-refractivity contribution is 6.69. The molecule has 5 heteroatoms. The van der Waals surface area contributed by atoms with Gasteiger partial charge in [-0.15, -0.1) is 0 Å². The lowest BCUT2D eigenvalue weighted by Gasteiger charge is -2.00. The summed E-state index contributed by atoms with van der Waals surface area (Å²) in [6, 6.07) is 8.64. The third-order valence-electron chi connectivity index (χ3n) is 1.13. The van der Waals surface area contributed by atoms with Gasteiger partial charge in [0.25, 0.3) is 13.9 Å². The number of hydrogen-bond acceptors (Lipinski definition) is 3. The monoisotopic (exact) mass is 159 g/mol. The summed E-state index contributed by atoms with van der Waals surface area (Å²) < 4.78 is 8.73. The first-order valence-corrected chi connectivity index (χ1v) is 3.28. The van der Waals surface area contributed by atoms with E-state index >= 15 is 0 Å². The van der Waals surface area contributed by atoms with Crippen molar-refractivity contribution in [1.82, 2.24) is 0 Å². The van der Waals surface area contributed by atoms with Gasteiger partial charge in [0.05, 0.1) is 0 Å². The van der Waals surface area contributed by atoms with Gasteiger partial charge in [-0.2, -0.15) is 0 Å². The molecule has 0 amide bonds. The molecule has 0 aromatic heterocycles. The Hall–Kier alpha value is -1.22. The van der Waals surface area contributed by atoms with Crippen LogP contribution in [0.15, 0.2) is 30.3 Å². The highest BCUT2D eigenvalue weighted by Crippen LogP contribution is 2.08. The van der Waals surface area contributed by atoms with Crippen molar-refractivity contribution in [2.45, 2.75) is 0 Å². The second kappa shape index (κ2) is 4.62. The number of para-hydroxylation sites is 1. The third kappa shape index (κ3) is 2.80. The second-order valence-corrected chi connectivity index (χ2v) is 1.99. The van der Waals surface area contributed by atoms with E-state index in [9.17, 15) is 4.79 Å². The summed E-state index contributed by atoms with van der Waals surface area (Å²) in [7, 11) is 5.41. The maximum absolute atomic E-state index is 10.7. The van der Waals surface area contributed by atoms with Crippen molar-refractivity contribution in [3.63, 3.8) is 0 Å². The van der Waals surface area contributed by atoms with Gasteiger partial charge in [0.1, 0.15) is 5.75 Å². The predicted octanol–water partition coefficient (Wildman–Crippen LogP) is 0.905. The first kappa shape index (κ1) is 8.87. The van der Waals surface area contributed by atoms with Crippen LogP contribution in [0.3, 0.4) is 0 Å². The summed E-state index contributed by atoms with van der Waals surface area (Å²) in [6.45, 7) is 0. The maximum Gasteiger partial charge on any atom is 0.420 e. The zero-order valence-electron chi connectivity index (χ0n) is 6.27. The largest absolute Gasteiger partial charge is 0.501 e. The molecule has 0 atom stereocenters. The fourth-order valence-electron chi connectivity index (χ4n) is 0.684. The average molecular weight is 159 g/mol. The minimum absolute atomic E-state index is 0.454. The van der Waals surface area contributed by atoms with E-state index in [0.717, 1.165) is 7.48 Å². The Labute approximate surface area is 72.4 Å². The molecule has 57 valence electrons. The predicted molar refractivity (Wildman–Crippen MR) is 45.1 cm³/mol. The van der Waals surface area contributed by atoms with Gasteiger partial charge < -0.3 is 9.31 Å². The van der Waals surface area contributed by atoms with Crippen LogP contribution in [0.25, 0.3) is 0 Å². The van der Waals surface area contributed by atoms with Crippen molar-refractivity contribution in [1.29, 1.82) is 0 Å². The molecule has 0 aliphatic carbocycles. The SMILES string of the molecule is [B]O[B]C(=O)Oc1ccccc1. The van der Waals surface area contributed by atoms with Gasteiger partial charge in [0.15, 0.2) is 0 Å². The molecule has 1 aromatic rings. The van der Waals surface area contributed by atoms with Gasteiger partial charge in [-0.25, -0.2) is 0 Å². The molecule has 0 heterocycles. The summed E-state index contributed by atoms with van der Waals surface area (Å²) in [5, 5.41) is 0. The topological polar surface area (TPSA) is 35.5 Å². The summed E-state index contributed by atoms with van der Waals surface area (Å²) in [5.74, 6) is -0.181. The van der Waals surface area contributed by atoms with Crippen molar-refractivity contribution < 1.29 is 14.1 Å². The Morgan fingerprint density at radius 3 is 2.58 bits per heavy atom. The minimum Gasteiger partial charge on any atom is -0.501 e. The fraction of sp³-hybridized carbons (Fsp3) is 0. The molecule has 0 aliphatic rings. The maximum atomic E-state index is 10.7. The lowest BCUT2D eigenvalue weighted by molar-refractivity contribution is 0.222. The molecule has 1 rings (SSSR count). The lowest BCUT2D eigenvalue weighted by atomic mass is 10.0. The zero-order valence-corrected chi connectivity index (χ0v) is 6.27. The van der Waals surface area contributed by atoms with Crippen LogP contribution in [0.5, 0.6) is 5.75 Å². The summed E-state index contributed by atoms with van der Waals surface area (Å²) in [6.07, 6.45) is 0. The molecular formula is C7H5B2O3. The van der Waals surface area contributed by atoms with Crippen LogP contribution in [0.2, 0.25) is 0 Å². The number of ether oxygens (including phenoxy) is 1. The number of carbonyl (C=O) groups is 1. The standard InChI is InChI=1S/C7H5B2O3/c8-12-9-7(10)11-6-4-2-1-3-5-6/h1-5H. The Morgan fingerprint density at radius 2 is 2.00 bits per heavy atom. The van der Waals surface area contributed by atoms with Crippen molar-refractivity contribution >= 4 is 21.4 Å². The van der Waals surface area contributed by atoms with E-state index in [1.54, 1.807) is 24.3 Å². The number of carbonyl (C=O) groups excluding carboxylic acids is 1. The van der Waals surface area contributed by atoms with Gasteiger partial charge >= 0.3 is 7.48 Å². The van der Waals surface area contributed by atoms with Gasteiger partial charge in [-0.3, -0.25) is 4.79 Å². The molecule has 0 bridgehead atoms. The highest BCUT2D eigenvalue weighted by Gasteiger charge is 2.05. The normalized spacial score (nSPS) is 9.00. The quantitative estimate of drug-likeness (QED) is 0.614. The van der Waals surface area contributed by atoms with Crippen molar-refractivity contribution in [3.8, 4) is 5.75 Å². The molecule has 0 spiro atoms. The van der Waals surface area contributed by atoms with Crippen LogP contribution in [0.4, 0.5) is 4.79 Å². The van der Waals surface area contributed by atoms with Crippen LogP contribution in [-0.2, 0) is 4.57 Å². The Bertz CT molecular complexity index is 250. The van der Waals surface area contributed by atoms with Gasteiger partial charge in [0.2, 0.25) is 0 Å². The van der Waals surface area contributed by atoms with E-state index in [0.29, 0.717) is 5.75 Å². The first-order chi connectivity index (χ1) is 5.83. The molecule has 0 saturated heterocycles. The molecule has 0 N–H and O–H groups in total. The molecule has 1 aromatic carbocycles. The third-order valence-corrected chi connectivity index (χ3v) is 1.13. The van der Waals surface area contributed by atoms with Crippen LogP contribution >= 0.6 is 0 Å². The number of rotatable bonds is 3. The van der Waals surface area contributed by atoms with Crippen LogP contribution in [-0.4, -0.2) is 21.4 Å². The average Bonchev–Trinajstić information content (AvgIpc) is 2.06. The number of hydrogen-bond donors (Lipinski definition) is 0. The van der Waals surface area contributed by atoms with E-state index in [4.69, 9.17) is 4.74 Å². The van der Waals surface area contributed by atoms with Gasteiger partial charge in [-0.1, -0.05) is 18.2 Å². The summed E-state index contributed by atoms with van der Waals surface area (Å²) in [4.78, 5) is 10.7. The van der Waals surface area contributed by atoms with Gasteiger partial charge in [-0.05, 0) is 12.1 Å². The Morgan fingerprint density at radius 1 is 1.33 bits per heavy atom. The van der Waals surface area contributed by atoms with E-state index in [1.807, 2.05) is 6.07 Å². The molecule has 3 nitrogen and oxygen atoms in total. The molecule has 0 saturated carbocycles. The second-order valence-electron chi connectivity index (χ2n) is 1.99. The van der Waals surface area contributed by atoms with Crippen LogP contribution < -0.4 is 4.74 Å². The van der Waals surface area contributed by atoms with Crippen molar-refractivity contribution in [2.24, 2.45) is 0 Å². The highest BCUT2D eigenvalue weighted by atomic mass is 16.5. The van der Waals surface area contributed by atoms with Crippen LogP contribution in [0, 0.1) is 0 Å². The Balaban J connectivity index is 2.47. The smallest absolute Gasteiger partial charge is 0.420 e. The summed E-state index contributed by atoms with van der Waals surface area (Å²) in [5.41, 5.74) is 0.